The summed E-state index contributed by atoms with van der Waals surface area (Å²) in [7, 11) is 0. The molecule has 0 aliphatic carbocycles. The summed E-state index contributed by atoms with van der Waals surface area (Å²) in [5.41, 5.74) is 0. The number of likely N-dealkylation sites (tertiary alicyclic amines) is 1. The Morgan fingerprint density at radius 2 is 1.94 bits per heavy atom. The van der Waals surface area contributed by atoms with Gasteiger partial charge in [0.2, 0.25) is 11.8 Å². The zero-order valence-corrected chi connectivity index (χ0v) is 20.3. The summed E-state index contributed by atoms with van der Waals surface area (Å²) in [5, 5.41) is 9.73. The predicted octanol–water partition coefficient (Wildman–Crippen LogP) is -0.102. The molecule has 2 amide bonds. The molecule has 9 nitrogen and oxygen atoms in total. The number of thioether (sulfide) groups is 1. The van der Waals surface area contributed by atoms with Gasteiger partial charge in [0.05, 0.1) is 49.1 Å². The Kier molecular flexibility index (Phi) is 6.76. The van der Waals surface area contributed by atoms with Crippen molar-refractivity contribution < 1.29 is 29.0 Å². The maximum Gasteiger partial charge on any atom is 0.311 e. The molecule has 5 rings (SSSR count). The van der Waals surface area contributed by atoms with Gasteiger partial charge in [-0.1, -0.05) is 24.3 Å². The molecule has 0 aromatic rings. The maximum atomic E-state index is 14.1. The smallest absolute Gasteiger partial charge is 0.311 e. The minimum atomic E-state index is -0.867. The van der Waals surface area contributed by atoms with Crippen molar-refractivity contribution in [3.63, 3.8) is 0 Å². The van der Waals surface area contributed by atoms with Crippen LogP contribution in [0.4, 0.5) is 0 Å². The van der Waals surface area contributed by atoms with Crippen LogP contribution in [0.15, 0.2) is 24.3 Å². The molecule has 1 unspecified atom stereocenters. The van der Waals surface area contributed by atoms with Gasteiger partial charge in [-0.25, -0.2) is 0 Å². The SMILES string of the molecule is C[C@H](CO)N1C(=O)[C@@H]2[C@@H]3C(=O)OCCC=C[C@@H]3S[C@@]23C=CCN(CCN2CCOCC2)C(=O)C13. The molecule has 0 saturated carbocycles. The van der Waals surface area contributed by atoms with Crippen molar-refractivity contribution >= 4 is 29.5 Å². The van der Waals surface area contributed by atoms with Crippen molar-refractivity contribution in [1.29, 1.82) is 0 Å². The second kappa shape index (κ2) is 9.64. The van der Waals surface area contributed by atoms with Crippen LogP contribution >= 0.6 is 11.8 Å². The Bertz CT molecular complexity index is 890. The van der Waals surface area contributed by atoms with E-state index < -0.39 is 28.7 Å². The van der Waals surface area contributed by atoms with E-state index in [0.29, 0.717) is 39.3 Å². The molecule has 0 aromatic heterocycles. The number of hydrogen-bond acceptors (Lipinski definition) is 8. The summed E-state index contributed by atoms with van der Waals surface area (Å²) >= 11 is 1.53. The first-order valence-electron chi connectivity index (χ1n) is 12.2. The van der Waals surface area contributed by atoms with E-state index in [1.165, 1.54) is 11.8 Å². The maximum absolute atomic E-state index is 14.1. The number of morpholine rings is 1. The van der Waals surface area contributed by atoms with Gasteiger partial charge in [-0.15, -0.1) is 11.8 Å². The van der Waals surface area contributed by atoms with Crippen molar-refractivity contribution in [2.24, 2.45) is 11.8 Å². The number of hydrogen-bond donors (Lipinski definition) is 1. The van der Waals surface area contributed by atoms with E-state index in [2.05, 4.69) is 4.90 Å². The zero-order chi connectivity index (χ0) is 23.9. The Morgan fingerprint density at radius 1 is 1.15 bits per heavy atom. The Labute approximate surface area is 204 Å². The van der Waals surface area contributed by atoms with Crippen molar-refractivity contribution in [2.45, 2.75) is 35.4 Å². The molecule has 10 heteroatoms. The zero-order valence-electron chi connectivity index (χ0n) is 19.5. The number of aliphatic hydroxyl groups excluding tert-OH is 1. The van der Waals surface area contributed by atoms with Gasteiger partial charge < -0.3 is 24.4 Å². The third-order valence-corrected chi connectivity index (χ3v) is 9.41. The second-order valence-electron chi connectivity index (χ2n) is 9.64. The van der Waals surface area contributed by atoms with Gasteiger partial charge in [0.1, 0.15) is 6.04 Å². The molecule has 0 bridgehead atoms. The van der Waals surface area contributed by atoms with E-state index in [4.69, 9.17) is 9.47 Å². The topological polar surface area (TPSA) is 99.6 Å². The molecule has 3 saturated heterocycles. The highest BCUT2D eigenvalue weighted by Crippen LogP contribution is 2.61. The van der Waals surface area contributed by atoms with Gasteiger partial charge >= 0.3 is 5.97 Å². The van der Waals surface area contributed by atoms with Crippen molar-refractivity contribution in [2.75, 3.05) is 59.2 Å². The van der Waals surface area contributed by atoms with Crippen LogP contribution in [0.1, 0.15) is 13.3 Å². The van der Waals surface area contributed by atoms with E-state index in [1.807, 2.05) is 29.2 Å². The lowest BCUT2D eigenvalue weighted by Gasteiger charge is -2.38. The first-order chi connectivity index (χ1) is 16.5. The van der Waals surface area contributed by atoms with E-state index in [-0.39, 0.29) is 29.6 Å². The summed E-state index contributed by atoms with van der Waals surface area (Å²) in [6.45, 7) is 6.62. The quantitative estimate of drug-likeness (QED) is 0.421. The number of aliphatic hydroxyl groups is 1. The van der Waals surface area contributed by atoms with Crippen LogP contribution in [0, 0.1) is 11.8 Å². The third-order valence-electron chi connectivity index (χ3n) is 7.67. The van der Waals surface area contributed by atoms with E-state index >= 15 is 0 Å². The van der Waals surface area contributed by atoms with Gasteiger partial charge in [0, 0.05) is 38.0 Å². The first kappa shape index (κ1) is 23.8. The van der Waals surface area contributed by atoms with E-state index in [0.717, 1.165) is 19.6 Å². The molecule has 5 heterocycles. The van der Waals surface area contributed by atoms with Crippen LogP contribution in [-0.4, -0.2) is 119 Å². The van der Waals surface area contributed by atoms with Crippen LogP contribution < -0.4 is 0 Å². The number of cyclic esters (lactones) is 1. The lowest BCUT2D eigenvalue weighted by atomic mass is 9.78. The molecule has 6 atom stereocenters. The van der Waals surface area contributed by atoms with Gasteiger partial charge in [0.15, 0.2) is 0 Å². The Morgan fingerprint density at radius 3 is 2.71 bits per heavy atom. The average molecular weight is 492 g/mol. The van der Waals surface area contributed by atoms with Crippen LogP contribution in [0.25, 0.3) is 0 Å². The Balaban J connectivity index is 1.48. The van der Waals surface area contributed by atoms with Gasteiger partial charge in [-0.2, -0.15) is 0 Å². The number of rotatable bonds is 5. The standard InChI is InChI=1S/C24H33N3O6S/c1-16(15-28)27-20-22(30)26(9-8-25-10-13-32-14-11-25)7-4-6-24(20)19(21(27)29)18-17(34-24)5-2-3-12-33-23(18)31/h2,4-6,16-20,28H,3,7-15H2,1H3/t16-,17+,18-,19+,20?,24+/m1/s1. The third kappa shape index (κ3) is 3.88. The number of nitrogens with zero attached hydrogens (tertiary/aromatic N) is 3. The minimum absolute atomic E-state index is 0.117. The minimum Gasteiger partial charge on any atom is -0.465 e. The summed E-state index contributed by atoms with van der Waals surface area (Å²) < 4.78 is 10.0. The second-order valence-corrected chi connectivity index (χ2v) is 11.1. The molecule has 34 heavy (non-hydrogen) atoms. The summed E-state index contributed by atoms with van der Waals surface area (Å²) in [6, 6.07) is -1.30. The number of amides is 2. The highest BCUT2D eigenvalue weighted by Gasteiger charge is 2.71. The van der Waals surface area contributed by atoms with Crippen molar-refractivity contribution in [1.82, 2.24) is 14.7 Å². The summed E-state index contributed by atoms with van der Waals surface area (Å²) in [6.07, 6.45) is 8.62. The van der Waals surface area contributed by atoms with Crippen molar-refractivity contribution in [3.8, 4) is 0 Å². The highest BCUT2D eigenvalue weighted by molar-refractivity contribution is 8.02. The molecule has 3 fully saturated rings. The summed E-state index contributed by atoms with van der Waals surface area (Å²) in [4.78, 5) is 46.6. The molecule has 186 valence electrons. The first-order valence-corrected chi connectivity index (χ1v) is 13.1. The van der Waals surface area contributed by atoms with Gasteiger partial charge in [-0.3, -0.25) is 19.3 Å². The fraction of sp³-hybridized carbons (Fsp3) is 0.708. The number of esters is 1. The normalized spacial score (nSPS) is 36.9. The summed E-state index contributed by atoms with van der Waals surface area (Å²) in [5.74, 6) is -2.08. The number of carbonyl (C=O) groups is 3. The molecule has 5 aliphatic rings. The monoisotopic (exact) mass is 491 g/mol. The molecular formula is C24H33N3O6S. The molecular weight excluding hydrogens is 458 g/mol. The highest BCUT2D eigenvalue weighted by atomic mass is 32.2. The molecule has 0 radical (unpaired) electrons. The van der Waals surface area contributed by atoms with Crippen molar-refractivity contribution in [3.05, 3.63) is 24.3 Å². The van der Waals surface area contributed by atoms with Crippen LogP contribution in [-0.2, 0) is 23.9 Å². The van der Waals surface area contributed by atoms with Crippen LogP contribution in [0.5, 0.6) is 0 Å². The number of ether oxygens (including phenoxy) is 2. The molecule has 1 spiro atoms. The van der Waals surface area contributed by atoms with Crippen LogP contribution in [0.3, 0.4) is 0 Å². The lowest BCUT2D eigenvalue weighted by Crippen LogP contribution is -2.56. The lowest BCUT2D eigenvalue weighted by molar-refractivity contribution is -0.153. The fourth-order valence-electron chi connectivity index (χ4n) is 5.94. The van der Waals surface area contributed by atoms with Crippen LogP contribution in [0.2, 0.25) is 0 Å². The number of fused-ring (bicyclic) bond motifs is 2. The van der Waals surface area contributed by atoms with E-state index in [1.54, 1.807) is 11.8 Å². The largest absolute Gasteiger partial charge is 0.465 e. The predicted molar refractivity (Wildman–Crippen MR) is 126 cm³/mol. The fourth-order valence-corrected chi connectivity index (χ4v) is 7.93. The number of carbonyl (C=O) groups excluding carboxylic acids is 3. The van der Waals surface area contributed by atoms with Gasteiger partial charge in [-0.05, 0) is 13.3 Å². The van der Waals surface area contributed by atoms with Gasteiger partial charge in [0.25, 0.3) is 0 Å². The molecule has 1 N–H and O–H groups in total. The van der Waals surface area contributed by atoms with E-state index in [9.17, 15) is 19.5 Å². The molecule has 5 aliphatic heterocycles. The molecule has 0 aromatic carbocycles. The average Bonchev–Trinajstić information content (AvgIpc) is 3.22. The Hall–Kier alpha value is -1.88.